The topological polar surface area (TPSA) is 61.8 Å². The molecular weight excluding hydrogens is 410 g/mol. The van der Waals surface area contributed by atoms with Crippen molar-refractivity contribution >= 4 is 40.9 Å². The van der Waals surface area contributed by atoms with E-state index in [1.165, 1.54) is 11.0 Å². The van der Waals surface area contributed by atoms with Crippen molar-refractivity contribution in [3.8, 4) is 0 Å². The predicted molar refractivity (Wildman–Crippen MR) is 124 cm³/mol. The highest BCUT2D eigenvalue weighted by Crippen LogP contribution is 2.27. The Labute approximate surface area is 185 Å². The average Bonchev–Trinajstić information content (AvgIpc) is 2.90. The molecule has 1 atom stereocenters. The number of hydrogen-bond donors (Lipinski definition) is 1. The fourth-order valence-electron chi connectivity index (χ4n) is 3.37. The van der Waals surface area contributed by atoms with E-state index < -0.39 is 12.1 Å². The summed E-state index contributed by atoms with van der Waals surface area (Å²) in [6, 6.07) is 24.3. The number of nitrogens with one attached hydrogen (secondary N) is 1. The molecule has 1 heterocycles. The van der Waals surface area contributed by atoms with Crippen molar-refractivity contribution in [2.75, 3.05) is 11.9 Å². The third-order valence-electron chi connectivity index (χ3n) is 4.97. The van der Waals surface area contributed by atoms with Crippen molar-refractivity contribution in [3.63, 3.8) is 0 Å². The molecule has 0 aromatic heterocycles. The van der Waals surface area contributed by atoms with Crippen LogP contribution in [0.4, 0.5) is 5.69 Å². The van der Waals surface area contributed by atoms with E-state index in [1.54, 1.807) is 37.4 Å². The van der Waals surface area contributed by atoms with E-state index in [9.17, 15) is 9.59 Å². The first-order valence-electron chi connectivity index (χ1n) is 9.77. The molecule has 0 unspecified atom stereocenters. The molecule has 3 aromatic carbocycles. The van der Waals surface area contributed by atoms with Crippen molar-refractivity contribution in [1.82, 2.24) is 5.32 Å². The highest BCUT2D eigenvalue weighted by atomic mass is 35.5. The predicted octanol–water partition coefficient (Wildman–Crippen LogP) is 4.31. The molecule has 1 aliphatic rings. The molecule has 0 fully saturated rings. The van der Waals surface area contributed by atoms with E-state index in [-0.39, 0.29) is 5.91 Å². The molecule has 4 rings (SSSR count). The first kappa shape index (κ1) is 20.6. The standard InChI is InChI=1S/C25H20ClN3O2/c1-29-21-10-6-5-9-20(21)23(18-7-3-2-4-8-18)28-24(25(29)31)27-22(30)16-13-17-11-14-19(26)15-12-17/h2-16,24H,1H3,(H,27,30)/b16-13+/t24-/m1/s1. The molecule has 6 heteroatoms. The van der Waals surface area contributed by atoms with Crippen LogP contribution in [-0.4, -0.2) is 30.7 Å². The number of benzene rings is 3. The fourth-order valence-corrected chi connectivity index (χ4v) is 3.50. The maximum absolute atomic E-state index is 13.1. The van der Waals surface area contributed by atoms with Gasteiger partial charge >= 0.3 is 0 Å². The summed E-state index contributed by atoms with van der Waals surface area (Å²) in [5.41, 5.74) is 3.92. The molecule has 0 saturated carbocycles. The maximum Gasteiger partial charge on any atom is 0.272 e. The van der Waals surface area contributed by atoms with Gasteiger partial charge in [-0.1, -0.05) is 72.3 Å². The highest BCUT2D eigenvalue weighted by Gasteiger charge is 2.30. The van der Waals surface area contributed by atoms with Crippen molar-refractivity contribution in [2.45, 2.75) is 6.17 Å². The molecule has 31 heavy (non-hydrogen) atoms. The van der Waals surface area contributed by atoms with Gasteiger partial charge in [0.05, 0.1) is 11.4 Å². The van der Waals surface area contributed by atoms with Crippen LogP contribution in [0.1, 0.15) is 16.7 Å². The van der Waals surface area contributed by atoms with E-state index in [4.69, 9.17) is 11.6 Å². The largest absolute Gasteiger partial charge is 0.323 e. The van der Waals surface area contributed by atoms with Crippen LogP contribution < -0.4 is 10.2 Å². The second kappa shape index (κ2) is 8.98. The Bertz CT molecular complexity index is 1170. The Hall–Kier alpha value is -3.70. The van der Waals surface area contributed by atoms with Crippen LogP contribution in [0.25, 0.3) is 6.08 Å². The van der Waals surface area contributed by atoms with Crippen molar-refractivity contribution in [3.05, 3.63) is 107 Å². The summed E-state index contributed by atoms with van der Waals surface area (Å²) in [6.07, 6.45) is 1.99. The van der Waals surface area contributed by atoms with Gasteiger partial charge in [0, 0.05) is 29.3 Å². The summed E-state index contributed by atoms with van der Waals surface area (Å²) in [5.74, 6) is -0.726. The summed E-state index contributed by atoms with van der Waals surface area (Å²) >= 11 is 5.89. The van der Waals surface area contributed by atoms with Crippen LogP contribution in [-0.2, 0) is 9.59 Å². The van der Waals surface area contributed by atoms with E-state index in [1.807, 2.05) is 54.6 Å². The van der Waals surface area contributed by atoms with Crippen LogP contribution in [0.2, 0.25) is 5.02 Å². The summed E-state index contributed by atoms with van der Waals surface area (Å²) < 4.78 is 0. The minimum atomic E-state index is -1.05. The Morgan fingerprint density at radius 1 is 1.00 bits per heavy atom. The maximum atomic E-state index is 13.1. The fraction of sp³-hybridized carbons (Fsp3) is 0.0800. The second-order valence-electron chi connectivity index (χ2n) is 7.05. The van der Waals surface area contributed by atoms with E-state index in [0.29, 0.717) is 10.7 Å². The van der Waals surface area contributed by atoms with Crippen LogP contribution in [0.3, 0.4) is 0 Å². The van der Waals surface area contributed by atoms with Gasteiger partial charge in [-0.2, -0.15) is 0 Å². The minimum absolute atomic E-state index is 0.313. The number of rotatable bonds is 4. The normalized spacial score (nSPS) is 15.9. The lowest BCUT2D eigenvalue weighted by Crippen LogP contribution is -2.45. The Kier molecular flexibility index (Phi) is 5.96. The average molecular weight is 430 g/mol. The van der Waals surface area contributed by atoms with E-state index >= 15 is 0 Å². The summed E-state index contributed by atoms with van der Waals surface area (Å²) in [7, 11) is 1.69. The van der Waals surface area contributed by atoms with Crippen LogP contribution >= 0.6 is 11.6 Å². The number of fused-ring (bicyclic) bond motifs is 1. The van der Waals surface area contributed by atoms with Gasteiger partial charge in [-0.3, -0.25) is 9.59 Å². The first-order valence-corrected chi connectivity index (χ1v) is 10.1. The molecule has 3 aromatic rings. The lowest BCUT2D eigenvalue weighted by atomic mass is 10.0. The lowest BCUT2D eigenvalue weighted by Gasteiger charge is -2.20. The Morgan fingerprint density at radius 3 is 2.42 bits per heavy atom. The zero-order valence-corrected chi connectivity index (χ0v) is 17.6. The number of halogens is 1. The van der Waals surface area contributed by atoms with Gasteiger partial charge in [-0.15, -0.1) is 0 Å². The summed E-state index contributed by atoms with van der Waals surface area (Å²) in [4.78, 5) is 31.9. The summed E-state index contributed by atoms with van der Waals surface area (Å²) in [5, 5.41) is 3.35. The number of benzodiazepines with no additional fused rings is 1. The van der Waals surface area contributed by atoms with Crippen LogP contribution in [0, 0.1) is 0 Å². The molecule has 0 saturated heterocycles. The second-order valence-corrected chi connectivity index (χ2v) is 7.49. The zero-order valence-electron chi connectivity index (χ0n) is 16.8. The third-order valence-corrected chi connectivity index (χ3v) is 5.22. The van der Waals surface area contributed by atoms with Crippen LogP contribution in [0.5, 0.6) is 0 Å². The zero-order chi connectivity index (χ0) is 21.8. The molecule has 1 aliphatic heterocycles. The monoisotopic (exact) mass is 429 g/mol. The lowest BCUT2D eigenvalue weighted by molar-refractivity contribution is -0.124. The number of para-hydroxylation sites is 1. The van der Waals surface area contributed by atoms with E-state index in [0.717, 1.165) is 22.4 Å². The van der Waals surface area contributed by atoms with Crippen molar-refractivity contribution in [2.24, 2.45) is 4.99 Å². The Balaban J connectivity index is 1.66. The minimum Gasteiger partial charge on any atom is -0.323 e. The quantitative estimate of drug-likeness (QED) is 0.628. The van der Waals surface area contributed by atoms with Gasteiger partial charge in [-0.05, 0) is 29.8 Å². The number of likely N-dealkylation sites (N-methyl/N-ethyl adjacent to an activating group) is 1. The number of amides is 2. The molecule has 154 valence electrons. The van der Waals surface area contributed by atoms with Gasteiger partial charge in [0.1, 0.15) is 0 Å². The molecule has 0 bridgehead atoms. The van der Waals surface area contributed by atoms with E-state index in [2.05, 4.69) is 10.3 Å². The number of anilines is 1. The molecule has 1 N–H and O–H groups in total. The van der Waals surface area contributed by atoms with Crippen LogP contribution in [0.15, 0.2) is 89.9 Å². The molecule has 0 spiro atoms. The third kappa shape index (κ3) is 4.57. The number of carbonyl (C=O) groups excluding carboxylic acids is 2. The number of hydrogen-bond acceptors (Lipinski definition) is 3. The molecule has 0 aliphatic carbocycles. The van der Waals surface area contributed by atoms with Crippen molar-refractivity contribution in [1.29, 1.82) is 0 Å². The Morgan fingerprint density at radius 2 is 1.68 bits per heavy atom. The summed E-state index contributed by atoms with van der Waals surface area (Å²) in [6.45, 7) is 0. The van der Waals surface area contributed by atoms with Gasteiger partial charge in [0.2, 0.25) is 12.1 Å². The van der Waals surface area contributed by atoms with Gasteiger partial charge < -0.3 is 10.2 Å². The molecule has 0 radical (unpaired) electrons. The van der Waals surface area contributed by atoms with Gasteiger partial charge in [0.15, 0.2) is 0 Å². The first-order chi connectivity index (χ1) is 15.0. The SMILES string of the molecule is CN1C(=O)[C@H](NC(=O)/C=C/c2ccc(Cl)cc2)N=C(c2ccccc2)c2ccccc21. The highest BCUT2D eigenvalue weighted by molar-refractivity contribution is 6.30. The van der Waals surface area contributed by atoms with Gasteiger partial charge in [-0.25, -0.2) is 4.99 Å². The number of aliphatic imine (C=N–C) groups is 1. The number of nitrogens with zero attached hydrogens (tertiary/aromatic N) is 2. The molecule has 2 amide bonds. The molecule has 5 nitrogen and oxygen atoms in total. The smallest absolute Gasteiger partial charge is 0.272 e. The van der Waals surface area contributed by atoms with Gasteiger partial charge in [0.25, 0.3) is 5.91 Å². The van der Waals surface area contributed by atoms with Crippen molar-refractivity contribution < 1.29 is 9.59 Å². The molecular formula is C25H20ClN3O2. The number of carbonyl (C=O) groups is 2.